The predicted molar refractivity (Wildman–Crippen MR) is 55.2 cm³/mol. The number of halogens is 3. The number of nitrogens with zero attached hydrogens (tertiary/aromatic N) is 2. The lowest BCUT2D eigenvalue weighted by atomic mass is 10.3. The van der Waals surface area contributed by atoms with Crippen LogP contribution < -0.4 is 4.74 Å². The van der Waals surface area contributed by atoms with Gasteiger partial charge in [-0.05, 0) is 18.2 Å². The lowest BCUT2D eigenvalue weighted by Crippen LogP contribution is -2.08. The van der Waals surface area contributed by atoms with Crippen LogP contribution in [0.3, 0.4) is 0 Å². The van der Waals surface area contributed by atoms with Gasteiger partial charge in [-0.2, -0.15) is 13.2 Å². The van der Waals surface area contributed by atoms with Gasteiger partial charge < -0.3 is 9.84 Å². The van der Waals surface area contributed by atoms with Crippen molar-refractivity contribution in [2.75, 3.05) is 0 Å². The predicted octanol–water partition coefficient (Wildman–Crippen LogP) is 2.99. The molecule has 0 unspecified atom stereocenters. The number of phenols is 1. The summed E-state index contributed by atoms with van der Waals surface area (Å²) in [7, 11) is 0. The van der Waals surface area contributed by atoms with Crippen molar-refractivity contribution in [2.24, 2.45) is 0 Å². The summed E-state index contributed by atoms with van der Waals surface area (Å²) >= 11 is 0. The Kier molecular flexibility index (Phi) is 3.05. The van der Waals surface area contributed by atoms with Gasteiger partial charge in [0.05, 0.1) is 0 Å². The van der Waals surface area contributed by atoms with Crippen molar-refractivity contribution >= 4 is 0 Å². The Morgan fingerprint density at radius 1 is 1.06 bits per heavy atom. The summed E-state index contributed by atoms with van der Waals surface area (Å²) in [5, 5.41) is 15.5. The average molecular weight is 256 g/mol. The van der Waals surface area contributed by atoms with Crippen LogP contribution in [0, 0.1) is 0 Å². The van der Waals surface area contributed by atoms with Crippen LogP contribution >= 0.6 is 0 Å². The van der Waals surface area contributed by atoms with Crippen molar-refractivity contribution in [3.8, 4) is 17.4 Å². The van der Waals surface area contributed by atoms with Crippen LogP contribution in [-0.4, -0.2) is 15.3 Å². The summed E-state index contributed by atoms with van der Waals surface area (Å²) in [5.41, 5.74) is -1.09. The van der Waals surface area contributed by atoms with Crippen LogP contribution in [0.25, 0.3) is 0 Å². The molecule has 1 aromatic carbocycles. The van der Waals surface area contributed by atoms with Crippen molar-refractivity contribution in [3.63, 3.8) is 0 Å². The normalized spacial score (nSPS) is 11.3. The third-order valence-corrected chi connectivity index (χ3v) is 1.97. The maximum Gasteiger partial charge on any atom is 0.435 e. The lowest BCUT2D eigenvalue weighted by molar-refractivity contribution is -0.141. The van der Waals surface area contributed by atoms with Gasteiger partial charge in [0.15, 0.2) is 5.69 Å². The van der Waals surface area contributed by atoms with E-state index in [1.54, 1.807) is 0 Å². The largest absolute Gasteiger partial charge is 0.508 e. The van der Waals surface area contributed by atoms with Gasteiger partial charge in [-0.25, -0.2) is 0 Å². The topological polar surface area (TPSA) is 55.2 Å². The summed E-state index contributed by atoms with van der Waals surface area (Å²) in [6.07, 6.45) is -4.53. The second kappa shape index (κ2) is 4.52. The highest BCUT2D eigenvalue weighted by Crippen LogP contribution is 2.28. The molecule has 0 bridgehead atoms. The van der Waals surface area contributed by atoms with Gasteiger partial charge >= 0.3 is 6.18 Å². The standard InChI is InChI=1S/C11H7F3N2O2/c12-11(13,14)9-4-5-10(16-15-9)18-8-3-1-2-7(17)6-8/h1-6,17H. The Balaban J connectivity index is 2.16. The van der Waals surface area contributed by atoms with E-state index in [1.165, 1.54) is 24.3 Å². The first-order valence-corrected chi connectivity index (χ1v) is 4.83. The molecule has 1 heterocycles. The fraction of sp³-hybridized carbons (Fsp3) is 0.0909. The van der Waals surface area contributed by atoms with Gasteiger partial charge in [0, 0.05) is 12.1 Å². The molecule has 0 radical (unpaired) electrons. The van der Waals surface area contributed by atoms with Crippen molar-refractivity contribution in [1.29, 1.82) is 0 Å². The zero-order valence-corrected chi connectivity index (χ0v) is 8.85. The molecule has 1 aromatic heterocycles. The van der Waals surface area contributed by atoms with E-state index in [4.69, 9.17) is 4.74 Å². The molecule has 0 aliphatic rings. The Morgan fingerprint density at radius 2 is 1.83 bits per heavy atom. The van der Waals surface area contributed by atoms with Crippen LogP contribution in [0.15, 0.2) is 36.4 Å². The van der Waals surface area contributed by atoms with Crippen LogP contribution in [0.2, 0.25) is 0 Å². The van der Waals surface area contributed by atoms with E-state index < -0.39 is 11.9 Å². The van der Waals surface area contributed by atoms with Gasteiger partial charge in [-0.3, -0.25) is 0 Å². The minimum absolute atomic E-state index is 0.0210. The van der Waals surface area contributed by atoms with E-state index >= 15 is 0 Å². The highest BCUT2D eigenvalue weighted by Gasteiger charge is 2.32. The molecule has 0 fully saturated rings. The molecule has 0 aliphatic carbocycles. The molecule has 1 N–H and O–H groups in total. The molecule has 0 atom stereocenters. The second-order valence-corrected chi connectivity index (χ2v) is 3.35. The van der Waals surface area contributed by atoms with E-state index in [0.717, 1.165) is 12.1 Å². The SMILES string of the molecule is Oc1cccc(Oc2ccc(C(F)(F)F)nn2)c1. The monoisotopic (exact) mass is 256 g/mol. The number of phenolic OH excluding ortho intramolecular Hbond substituents is 1. The highest BCUT2D eigenvalue weighted by molar-refractivity contribution is 5.34. The first-order valence-electron chi connectivity index (χ1n) is 4.83. The van der Waals surface area contributed by atoms with Crippen molar-refractivity contribution < 1.29 is 23.0 Å². The van der Waals surface area contributed by atoms with Crippen molar-refractivity contribution in [1.82, 2.24) is 10.2 Å². The Hall–Kier alpha value is -2.31. The Bertz CT molecular complexity index is 541. The van der Waals surface area contributed by atoms with E-state index in [2.05, 4.69) is 10.2 Å². The molecule has 0 amide bonds. The van der Waals surface area contributed by atoms with Gasteiger partial charge in [0.25, 0.3) is 0 Å². The molecule has 2 aromatic rings. The Morgan fingerprint density at radius 3 is 2.39 bits per heavy atom. The zero-order valence-electron chi connectivity index (χ0n) is 8.85. The number of benzene rings is 1. The number of hydrogen-bond donors (Lipinski definition) is 1. The minimum Gasteiger partial charge on any atom is -0.508 e. The fourth-order valence-electron chi connectivity index (χ4n) is 1.19. The quantitative estimate of drug-likeness (QED) is 0.897. The maximum atomic E-state index is 12.2. The molecule has 0 aliphatic heterocycles. The Labute approximate surface area is 99.7 Å². The van der Waals surface area contributed by atoms with Crippen molar-refractivity contribution in [3.05, 3.63) is 42.1 Å². The lowest BCUT2D eigenvalue weighted by Gasteiger charge is -2.06. The number of aromatic nitrogens is 2. The zero-order chi connectivity index (χ0) is 13.2. The van der Waals surface area contributed by atoms with E-state index in [1.807, 2.05) is 0 Å². The molecule has 0 spiro atoms. The summed E-state index contributed by atoms with van der Waals surface area (Å²) < 4.78 is 41.8. The van der Waals surface area contributed by atoms with E-state index in [9.17, 15) is 18.3 Å². The second-order valence-electron chi connectivity index (χ2n) is 3.35. The minimum atomic E-state index is -4.53. The van der Waals surface area contributed by atoms with Gasteiger partial charge in [-0.15, -0.1) is 10.2 Å². The summed E-state index contributed by atoms with van der Waals surface area (Å²) in [5.74, 6) is 0.144. The van der Waals surface area contributed by atoms with E-state index in [0.29, 0.717) is 0 Å². The van der Waals surface area contributed by atoms with Crippen molar-refractivity contribution in [2.45, 2.75) is 6.18 Å². The number of rotatable bonds is 2. The number of ether oxygens (including phenoxy) is 1. The number of alkyl halides is 3. The molecule has 4 nitrogen and oxygen atoms in total. The van der Waals surface area contributed by atoms with Gasteiger partial charge in [0.2, 0.25) is 5.88 Å². The summed E-state index contributed by atoms with van der Waals surface area (Å²) in [6.45, 7) is 0. The van der Waals surface area contributed by atoms with Gasteiger partial charge in [-0.1, -0.05) is 6.07 Å². The fourth-order valence-corrected chi connectivity index (χ4v) is 1.19. The highest BCUT2D eigenvalue weighted by atomic mass is 19.4. The summed E-state index contributed by atoms with van der Waals surface area (Å²) in [4.78, 5) is 0. The van der Waals surface area contributed by atoms with Crippen LogP contribution in [0.5, 0.6) is 17.4 Å². The third-order valence-electron chi connectivity index (χ3n) is 1.97. The molecule has 0 saturated carbocycles. The van der Waals surface area contributed by atoms with E-state index in [-0.39, 0.29) is 17.4 Å². The number of hydrogen-bond acceptors (Lipinski definition) is 4. The number of aromatic hydroxyl groups is 1. The smallest absolute Gasteiger partial charge is 0.435 e. The molecule has 7 heteroatoms. The molecule has 18 heavy (non-hydrogen) atoms. The van der Waals surface area contributed by atoms with Crippen LogP contribution in [0.1, 0.15) is 5.69 Å². The average Bonchev–Trinajstić information content (AvgIpc) is 2.28. The molecule has 0 saturated heterocycles. The molecule has 2 rings (SSSR count). The molecule has 94 valence electrons. The van der Waals surface area contributed by atoms with Crippen LogP contribution in [0.4, 0.5) is 13.2 Å². The van der Waals surface area contributed by atoms with Gasteiger partial charge in [0.1, 0.15) is 11.5 Å². The maximum absolute atomic E-state index is 12.2. The summed E-state index contributed by atoms with van der Waals surface area (Å²) in [6, 6.07) is 7.62. The third kappa shape index (κ3) is 2.88. The first kappa shape index (κ1) is 12.2. The van der Waals surface area contributed by atoms with Crippen LogP contribution in [-0.2, 0) is 6.18 Å². The molecular weight excluding hydrogens is 249 g/mol. The first-order chi connectivity index (χ1) is 8.45. The molecular formula is C11H7F3N2O2.